The summed E-state index contributed by atoms with van der Waals surface area (Å²) in [4.78, 5) is 25.2. The van der Waals surface area contributed by atoms with Gasteiger partial charge in [-0.25, -0.2) is 0 Å². The van der Waals surface area contributed by atoms with Crippen LogP contribution in [0.5, 0.6) is 0 Å². The van der Waals surface area contributed by atoms with Gasteiger partial charge in [-0.3, -0.25) is 14.5 Å². The number of nitrogens with one attached hydrogen (secondary N) is 1. The Hall–Kier alpha value is -1.82. The molecule has 1 fully saturated rings. The lowest BCUT2D eigenvalue weighted by Gasteiger charge is -2.29. The maximum atomic E-state index is 11.8. The molecule has 1 aromatic rings. The molecule has 110 valence electrons. The van der Waals surface area contributed by atoms with Gasteiger partial charge in [-0.2, -0.15) is 0 Å². The molecule has 2 rings (SSSR count). The maximum absolute atomic E-state index is 11.8. The fourth-order valence-electron chi connectivity index (χ4n) is 2.35. The van der Waals surface area contributed by atoms with Crippen molar-refractivity contribution < 1.29 is 18.7 Å². The zero-order chi connectivity index (χ0) is 14.4. The van der Waals surface area contributed by atoms with Gasteiger partial charge in [0.1, 0.15) is 5.76 Å². The SMILES string of the molecule is COC(=O)C1CCN(CC(=O)NCc2ccco2)CC1. The normalized spacial score (nSPS) is 16.9. The van der Waals surface area contributed by atoms with Crippen LogP contribution in [0, 0.1) is 5.92 Å². The lowest BCUT2D eigenvalue weighted by Crippen LogP contribution is -2.42. The van der Waals surface area contributed by atoms with E-state index < -0.39 is 0 Å². The van der Waals surface area contributed by atoms with E-state index in [0.717, 1.165) is 31.7 Å². The molecule has 1 aliphatic rings. The van der Waals surface area contributed by atoms with E-state index in [-0.39, 0.29) is 17.8 Å². The molecule has 0 unspecified atom stereocenters. The third kappa shape index (κ3) is 4.09. The number of hydrogen-bond donors (Lipinski definition) is 1. The van der Waals surface area contributed by atoms with Gasteiger partial charge in [-0.15, -0.1) is 0 Å². The van der Waals surface area contributed by atoms with Crippen molar-refractivity contribution in [2.24, 2.45) is 5.92 Å². The predicted molar refractivity (Wildman–Crippen MR) is 71.7 cm³/mol. The smallest absolute Gasteiger partial charge is 0.308 e. The lowest BCUT2D eigenvalue weighted by molar-refractivity contribution is -0.147. The first-order chi connectivity index (χ1) is 9.69. The quantitative estimate of drug-likeness (QED) is 0.807. The first-order valence-electron chi connectivity index (χ1n) is 6.78. The standard InChI is InChI=1S/C14H20N2O4/c1-19-14(18)11-4-6-16(7-5-11)10-13(17)15-9-12-3-2-8-20-12/h2-3,8,11H,4-7,9-10H2,1H3,(H,15,17). The molecule has 0 spiro atoms. The molecule has 0 atom stereocenters. The minimum absolute atomic E-state index is 0.0255. The molecular formula is C14H20N2O4. The van der Waals surface area contributed by atoms with Crippen LogP contribution in [0.3, 0.4) is 0 Å². The number of hydrogen-bond acceptors (Lipinski definition) is 5. The van der Waals surface area contributed by atoms with E-state index in [2.05, 4.69) is 10.2 Å². The van der Waals surface area contributed by atoms with Crippen LogP contribution in [0.15, 0.2) is 22.8 Å². The van der Waals surface area contributed by atoms with E-state index in [4.69, 9.17) is 9.15 Å². The van der Waals surface area contributed by atoms with E-state index >= 15 is 0 Å². The van der Waals surface area contributed by atoms with E-state index in [1.807, 2.05) is 6.07 Å². The molecule has 1 saturated heterocycles. The van der Waals surface area contributed by atoms with E-state index in [0.29, 0.717) is 13.1 Å². The average Bonchev–Trinajstić information content (AvgIpc) is 2.98. The first-order valence-corrected chi connectivity index (χ1v) is 6.78. The second-order valence-corrected chi connectivity index (χ2v) is 4.93. The minimum atomic E-state index is -0.146. The summed E-state index contributed by atoms with van der Waals surface area (Å²) in [6, 6.07) is 3.61. The summed E-state index contributed by atoms with van der Waals surface area (Å²) in [6.07, 6.45) is 3.08. The van der Waals surface area contributed by atoms with Crippen LogP contribution in [0.2, 0.25) is 0 Å². The molecule has 6 nitrogen and oxygen atoms in total. The van der Waals surface area contributed by atoms with Crippen molar-refractivity contribution >= 4 is 11.9 Å². The molecule has 0 aliphatic carbocycles. The van der Waals surface area contributed by atoms with Crippen LogP contribution in [-0.2, 0) is 20.9 Å². The van der Waals surface area contributed by atoms with Crippen molar-refractivity contribution in [1.29, 1.82) is 0 Å². The van der Waals surface area contributed by atoms with Gasteiger partial charge in [-0.1, -0.05) is 0 Å². The van der Waals surface area contributed by atoms with Crippen molar-refractivity contribution in [2.45, 2.75) is 19.4 Å². The first kappa shape index (κ1) is 14.6. The summed E-state index contributed by atoms with van der Waals surface area (Å²) >= 11 is 0. The Kier molecular flexibility index (Phi) is 5.17. The molecule has 0 bridgehead atoms. The highest BCUT2D eigenvalue weighted by atomic mass is 16.5. The molecule has 0 radical (unpaired) electrons. The number of esters is 1. The number of piperidine rings is 1. The Morgan fingerprint density at radius 3 is 2.80 bits per heavy atom. The molecule has 1 aromatic heterocycles. The van der Waals surface area contributed by atoms with Gasteiger partial charge in [0.05, 0.1) is 32.4 Å². The fraction of sp³-hybridized carbons (Fsp3) is 0.571. The van der Waals surface area contributed by atoms with Gasteiger partial charge in [0.2, 0.25) is 5.91 Å². The zero-order valence-electron chi connectivity index (χ0n) is 11.6. The topological polar surface area (TPSA) is 71.8 Å². The number of ether oxygens (including phenoxy) is 1. The maximum Gasteiger partial charge on any atom is 0.308 e. The third-order valence-corrected chi connectivity index (χ3v) is 3.53. The number of furan rings is 1. The fourth-order valence-corrected chi connectivity index (χ4v) is 2.35. The molecule has 6 heteroatoms. The van der Waals surface area contributed by atoms with Crippen LogP contribution in [0.25, 0.3) is 0 Å². The molecule has 0 aromatic carbocycles. The Labute approximate surface area is 118 Å². The summed E-state index contributed by atoms with van der Waals surface area (Å²) in [5.74, 6) is 0.537. The Balaban J connectivity index is 1.67. The number of methoxy groups -OCH3 is 1. The highest BCUT2D eigenvalue weighted by Crippen LogP contribution is 2.17. The second kappa shape index (κ2) is 7.09. The number of rotatable bonds is 5. The van der Waals surface area contributed by atoms with Gasteiger partial charge < -0.3 is 14.5 Å². The molecule has 1 N–H and O–H groups in total. The zero-order valence-corrected chi connectivity index (χ0v) is 11.6. The highest BCUT2D eigenvalue weighted by Gasteiger charge is 2.26. The van der Waals surface area contributed by atoms with Gasteiger partial charge in [0.15, 0.2) is 0 Å². The second-order valence-electron chi connectivity index (χ2n) is 4.93. The number of carbonyl (C=O) groups is 2. The monoisotopic (exact) mass is 280 g/mol. The Morgan fingerprint density at radius 2 is 2.20 bits per heavy atom. The molecule has 1 amide bonds. The van der Waals surface area contributed by atoms with Crippen LogP contribution in [0.1, 0.15) is 18.6 Å². The van der Waals surface area contributed by atoms with E-state index in [9.17, 15) is 9.59 Å². The number of likely N-dealkylation sites (tertiary alicyclic amines) is 1. The largest absolute Gasteiger partial charge is 0.469 e. The molecule has 0 saturated carbocycles. The van der Waals surface area contributed by atoms with Crippen LogP contribution < -0.4 is 5.32 Å². The Morgan fingerprint density at radius 1 is 1.45 bits per heavy atom. The highest BCUT2D eigenvalue weighted by molar-refractivity contribution is 5.78. The van der Waals surface area contributed by atoms with Crippen molar-refractivity contribution in [3.8, 4) is 0 Å². The summed E-state index contributed by atoms with van der Waals surface area (Å²) in [6.45, 7) is 2.25. The summed E-state index contributed by atoms with van der Waals surface area (Å²) < 4.78 is 9.89. The van der Waals surface area contributed by atoms with Crippen LogP contribution in [0.4, 0.5) is 0 Å². The van der Waals surface area contributed by atoms with Crippen molar-refractivity contribution in [2.75, 3.05) is 26.7 Å². The van der Waals surface area contributed by atoms with Gasteiger partial charge in [0, 0.05) is 0 Å². The minimum Gasteiger partial charge on any atom is -0.469 e. The third-order valence-electron chi connectivity index (χ3n) is 3.53. The average molecular weight is 280 g/mol. The summed E-state index contributed by atoms with van der Waals surface area (Å²) in [5.41, 5.74) is 0. The number of nitrogens with zero attached hydrogens (tertiary/aromatic N) is 1. The van der Waals surface area contributed by atoms with Crippen molar-refractivity contribution in [3.63, 3.8) is 0 Å². The van der Waals surface area contributed by atoms with Crippen LogP contribution >= 0.6 is 0 Å². The van der Waals surface area contributed by atoms with E-state index in [1.54, 1.807) is 12.3 Å². The van der Waals surface area contributed by atoms with Crippen molar-refractivity contribution in [1.82, 2.24) is 10.2 Å². The van der Waals surface area contributed by atoms with Gasteiger partial charge >= 0.3 is 5.97 Å². The van der Waals surface area contributed by atoms with Gasteiger partial charge in [-0.05, 0) is 38.1 Å². The number of amides is 1. The molecule has 1 aliphatic heterocycles. The van der Waals surface area contributed by atoms with Crippen LogP contribution in [-0.4, -0.2) is 43.5 Å². The van der Waals surface area contributed by atoms with Gasteiger partial charge in [0.25, 0.3) is 0 Å². The molecule has 20 heavy (non-hydrogen) atoms. The predicted octanol–water partition coefficient (Wildman–Crippen LogP) is 0.781. The summed E-state index contributed by atoms with van der Waals surface area (Å²) in [5, 5.41) is 2.81. The Bertz CT molecular complexity index is 436. The molecular weight excluding hydrogens is 260 g/mol. The van der Waals surface area contributed by atoms with E-state index in [1.165, 1.54) is 7.11 Å². The van der Waals surface area contributed by atoms with Crippen molar-refractivity contribution in [3.05, 3.63) is 24.2 Å². The summed E-state index contributed by atoms with van der Waals surface area (Å²) in [7, 11) is 1.41. The molecule has 2 heterocycles. The number of carbonyl (C=O) groups excluding carboxylic acids is 2. The lowest BCUT2D eigenvalue weighted by atomic mass is 9.97.